The van der Waals surface area contributed by atoms with Crippen LogP contribution in [0.2, 0.25) is 0 Å². The molecular weight excluding hydrogens is 296 g/mol. The molecule has 0 spiro atoms. The standard InChI is InChI=1S/C12H10F4N2OS/c13-8-2-1-6(5-7(8)12(14,15)16)18-10(19)11(3-4-11)9(17)20/h1-2,5H,3-4H2,(H2,17,20)(H,18,19). The topological polar surface area (TPSA) is 55.1 Å². The largest absolute Gasteiger partial charge is 0.419 e. The Labute approximate surface area is 117 Å². The lowest BCUT2D eigenvalue weighted by Gasteiger charge is -2.15. The van der Waals surface area contributed by atoms with Crippen LogP contribution in [-0.4, -0.2) is 10.9 Å². The van der Waals surface area contributed by atoms with Crippen molar-refractivity contribution in [2.24, 2.45) is 11.1 Å². The lowest BCUT2D eigenvalue weighted by atomic mass is 10.1. The molecule has 1 aliphatic carbocycles. The molecule has 1 aromatic carbocycles. The smallest absolute Gasteiger partial charge is 0.392 e. The van der Waals surface area contributed by atoms with Gasteiger partial charge in [0.1, 0.15) is 5.82 Å². The molecule has 0 aliphatic heterocycles. The van der Waals surface area contributed by atoms with Gasteiger partial charge in [-0.15, -0.1) is 0 Å². The summed E-state index contributed by atoms with van der Waals surface area (Å²) >= 11 is 4.77. The van der Waals surface area contributed by atoms with E-state index in [1.807, 2.05) is 0 Å². The first-order chi connectivity index (χ1) is 9.17. The van der Waals surface area contributed by atoms with Crippen LogP contribution in [0.3, 0.4) is 0 Å². The Hall–Kier alpha value is -1.70. The highest BCUT2D eigenvalue weighted by Crippen LogP contribution is 2.47. The highest BCUT2D eigenvalue weighted by atomic mass is 32.1. The van der Waals surface area contributed by atoms with Crippen LogP contribution >= 0.6 is 12.2 Å². The van der Waals surface area contributed by atoms with Gasteiger partial charge in [0, 0.05) is 5.69 Å². The second kappa shape index (κ2) is 4.69. The van der Waals surface area contributed by atoms with Gasteiger partial charge in [0.25, 0.3) is 0 Å². The third kappa shape index (κ3) is 2.60. The van der Waals surface area contributed by atoms with E-state index in [9.17, 15) is 22.4 Å². The van der Waals surface area contributed by atoms with Crippen LogP contribution in [0.4, 0.5) is 23.2 Å². The molecule has 0 unspecified atom stereocenters. The zero-order valence-electron chi connectivity index (χ0n) is 10.1. The zero-order valence-corrected chi connectivity index (χ0v) is 10.9. The van der Waals surface area contributed by atoms with Gasteiger partial charge in [-0.05, 0) is 31.0 Å². The maximum Gasteiger partial charge on any atom is 0.419 e. The molecule has 1 fully saturated rings. The predicted octanol–water partition coefficient (Wildman–Crippen LogP) is 2.85. The minimum atomic E-state index is -4.83. The van der Waals surface area contributed by atoms with Crippen LogP contribution in [0.1, 0.15) is 18.4 Å². The van der Waals surface area contributed by atoms with E-state index in [0.29, 0.717) is 25.0 Å². The number of hydrogen-bond acceptors (Lipinski definition) is 2. The highest BCUT2D eigenvalue weighted by Gasteiger charge is 2.52. The minimum Gasteiger partial charge on any atom is -0.392 e. The predicted molar refractivity (Wildman–Crippen MR) is 68.5 cm³/mol. The van der Waals surface area contributed by atoms with Gasteiger partial charge in [0.15, 0.2) is 0 Å². The van der Waals surface area contributed by atoms with Crippen molar-refractivity contribution in [2.45, 2.75) is 19.0 Å². The van der Waals surface area contributed by atoms with E-state index in [1.54, 1.807) is 0 Å². The van der Waals surface area contributed by atoms with Crippen molar-refractivity contribution in [2.75, 3.05) is 5.32 Å². The number of carbonyl (C=O) groups is 1. The van der Waals surface area contributed by atoms with Crippen molar-refractivity contribution in [3.8, 4) is 0 Å². The van der Waals surface area contributed by atoms with Gasteiger partial charge in [-0.2, -0.15) is 13.2 Å². The van der Waals surface area contributed by atoms with E-state index in [0.717, 1.165) is 6.07 Å². The second-order valence-corrected chi connectivity index (χ2v) is 5.03. The van der Waals surface area contributed by atoms with Crippen LogP contribution in [0, 0.1) is 11.2 Å². The number of halogens is 4. The fraction of sp³-hybridized carbons (Fsp3) is 0.333. The monoisotopic (exact) mass is 306 g/mol. The quantitative estimate of drug-likeness (QED) is 0.667. The molecule has 3 N–H and O–H groups in total. The third-order valence-corrected chi connectivity index (χ3v) is 3.58. The van der Waals surface area contributed by atoms with E-state index in [2.05, 4.69) is 5.32 Å². The number of rotatable bonds is 3. The first-order valence-electron chi connectivity index (χ1n) is 5.65. The third-order valence-electron chi connectivity index (χ3n) is 3.19. The summed E-state index contributed by atoms with van der Waals surface area (Å²) < 4.78 is 50.7. The van der Waals surface area contributed by atoms with Gasteiger partial charge in [-0.3, -0.25) is 4.79 Å². The number of benzene rings is 1. The lowest BCUT2D eigenvalue weighted by Crippen LogP contribution is -2.35. The number of nitrogens with one attached hydrogen (secondary N) is 1. The van der Waals surface area contributed by atoms with Crippen LogP contribution in [0.15, 0.2) is 18.2 Å². The average molecular weight is 306 g/mol. The Balaban J connectivity index is 2.23. The molecule has 20 heavy (non-hydrogen) atoms. The molecule has 0 bridgehead atoms. The molecular formula is C12H10F4N2OS. The molecule has 1 amide bonds. The summed E-state index contributed by atoms with van der Waals surface area (Å²) in [7, 11) is 0. The Kier molecular flexibility index (Phi) is 3.45. The summed E-state index contributed by atoms with van der Waals surface area (Å²) in [5.41, 5.74) is 2.88. The first-order valence-corrected chi connectivity index (χ1v) is 6.06. The lowest BCUT2D eigenvalue weighted by molar-refractivity contribution is -0.140. The van der Waals surface area contributed by atoms with Crippen molar-refractivity contribution < 1.29 is 22.4 Å². The summed E-state index contributed by atoms with van der Waals surface area (Å²) in [4.78, 5) is 11.9. The number of nitrogens with two attached hydrogens (primary N) is 1. The average Bonchev–Trinajstić information content (AvgIpc) is 3.11. The van der Waals surface area contributed by atoms with Crippen molar-refractivity contribution in [3.63, 3.8) is 0 Å². The molecule has 0 saturated heterocycles. The highest BCUT2D eigenvalue weighted by molar-refractivity contribution is 7.80. The molecule has 8 heteroatoms. The van der Waals surface area contributed by atoms with Crippen molar-refractivity contribution in [1.82, 2.24) is 0 Å². The SMILES string of the molecule is NC(=S)C1(C(=O)Nc2ccc(F)c(C(F)(F)F)c2)CC1. The molecule has 0 atom stereocenters. The Morgan fingerprint density at radius 3 is 2.40 bits per heavy atom. The number of anilines is 1. The Bertz CT molecular complexity index is 581. The number of carbonyl (C=O) groups excluding carboxylic acids is 1. The normalized spacial score (nSPS) is 16.6. The van der Waals surface area contributed by atoms with Gasteiger partial charge in [-0.25, -0.2) is 4.39 Å². The van der Waals surface area contributed by atoms with Crippen molar-refractivity contribution in [1.29, 1.82) is 0 Å². The molecule has 1 aromatic rings. The van der Waals surface area contributed by atoms with Crippen LogP contribution in [-0.2, 0) is 11.0 Å². The second-order valence-electron chi connectivity index (χ2n) is 4.59. The maximum absolute atomic E-state index is 13.1. The van der Waals surface area contributed by atoms with Gasteiger partial charge in [0.2, 0.25) is 5.91 Å². The number of thiocarbonyl (C=S) groups is 1. The molecule has 1 saturated carbocycles. The molecule has 2 rings (SSSR count). The fourth-order valence-corrected chi connectivity index (χ4v) is 2.08. The van der Waals surface area contributed by atoms with Gasteiger partial charge < -0.3 is 11.1 Å². The van der Waals surface area contributed by atoms with Gasteiger partial charge >= 0.3 is 6.18 Å². The van der Waals surface area contributed by atoms with Crippen molar-refractivity contribution >= 4 is 28.8 Å². The van der Waals surface area contributed by atoms with Crippen LogP contribution < -0.4 is 11.1 Å². The van der Waals surface area contributed by atoms with Crippen LogP contribution in [0.25, 0.3) is 0 Å². The summed E-state index contributed by atoms with van der Waals surface area (Å²) in [5, 5.41) is 2.29. The molecule has 108 valence electrons. The number of hydrogen-bond donors (Lipinski definition) is 2. The first kappa shape index (κ1) is 14.7. The summed E-state index contributed by atoms with van der Waals surface area (Å²) in [6, 6.07) is 2.25. The number of amides is 1. The molecule has 0 heterocycles. The Morgan fingerprint density at radius 2 is 1.95 bits per heavy atom. The zero-order chi connectivity index (χ0) is 15.1. The van der Waals surface area contributed by atoms with E-state index in [4.69, 9.17) is 18.0 Å². The Morgan fingerprint density at radius 1 is 1.35 bits per heavy atom. The maximum atomic E-state index is 13.1. The number of alkyl halides is 3. The molecule has 1 aliphatic rings. The molecule has 0 aromatic heterocycles. The van der Waals surface area contributed by atoms with E-state index < -0.39 is 28.9 Å². The minimum absolute atomic E-state index is 0.00755. The molecule has 0 radical (unpaired) electrons. The molecule has 3 nitrogen and oxygen atoms in total. The summed E-state index contributed by atoms with van der Waals surface area (Å²) in [6.45, 7) is 0. The summed E-state index contributed by atoms with van der Waals surface area (Å²) in [6.07, 6.45) is -3.91. The van der Waals surface area contributed by atoms with E-state index in [1.165, 1.54) is 0 Å². The van der Waals surface area contributed by atoms with Gasteiger partial charge in [-0.1, -0.05) is 12.2 Å². The van der Waals surface area contributed by atoms with Crippen LogP contribution in [0.5, 0.6) is 0 Å². The van der Waals surface area contributed by atoms with E-state index in [-0.39, 0.29) is 10.7 Å². The fourth-order valence-electron chi connectivity index (χ4n) is 1.78. The van der Waals surface area contributed by atoms with Gasteiger partial charge in [0.05, 0.1) is 16.0 Å². The van der Waals surface area contributed by atoms with Crippen molar-refractivity contribution in [3.05, 3.63) is 29.6 Å². The van der Waals surface area contributed by atoms with E-state index >= 15 is 0 Å². The summed E-state index contributed by atoms with van der Waals surface area (Å²) in [5.74, 6) is -1.96.